The Morgan fingerprint density at radius 1 is 1.28 bits per heavy atom. The Kier molecular flexibility index (Phi) is 4.83. The molecule has 6 nitrogen and oxygen atoms in total. The van der Waals surface area contributed by atoms with E-state index in [9.17, 15) is 14.0 Å². The molecule has 1 heterocycles. The first kappa shape index (κ1) is 16.8. The maximum atomic E-state index is 13.6. The van der Waals surface area contributed by atoms with Crippen LogP contribution in [0.15, 0.2) is 51.7 Å². The van der Waals surface area contributed by atoms with Crippen LogP contribution in [0.3, 0.4) is 0 Å². The van der Waals surface area contributed by atoms with Crippen LogP contribution in [-0.2, 0) is 11.3 Å². The summed E-state index contributed by atoms with van der Waals surface area (Å²) in [6.07, 6.45) is 0.646. The number of amides is 1. The molecule has 3 rings (SSSR count). The molecule has 2 aromatic carbocycles. The minimum Gasteiger partial charge on any atom is -0.494 e. The van der Waals surface area contributed by atoms with Gasteiger partial charge in [-0.1, -0.05) is 12.1 Å². The van der Waals surface area contributed by atoms with Crippen LogP contribution in [0.1, 0.15) is 12.8 Å². The third-order valence-electron chi connectivity index (χ3n) is 3.79. The highest BCUT2D eigenvalue weighted by Gasteiger charge is 2.10. The second-order valence-corrected chi connectivity index (χ2v) is 5.49. The number of hydrogen-bond donors (Lipinski definition) is 1. The highest BCUT2D eigenvalue weighted by molar-refractivity contribution is 5.90. The molecule has 0 unspecified atom stereocenters. The summed E-state index contributed by atoms with van der Waals surface area (Å²) < 4.78 is 25.1. The minimum atomic E-state index is -0.545. The molecule has 0 aliphatic heterocycles. The molecule has 25 heavy (non-hydrogen) atoms. The lowest BCUT2D eigenvalue weighted by Crippen LogP contribution is -2.17. The van der Waals surface area contributed by atoms with E-state index in [2.05, 4.69) is 5.32 Å². The van der Waals surface area contributed by atoms with Gasteiger partial charge in [-0.3, -0.25) is 9.36 Å². The van der Waals surface area contributed by atoms with Gasteiger partial charge in [0.05, 0.1) is 12.6 Å². The SMILES string of the molecule is COc1ccc(NC(=O)CCCn2c(=O)oc3ccccc32)cc1F. The van der Waals surface area contributed by atoms with Crippen LogP contribution in [0, 0.1) is 5.82 Å². The number of ether oxygens (including phenoxy) is 1. The van der Waals surface area contributed by atoms with Crippen LogP contribution in [0.5, 0.6) is 5.75 Å². The molecule has 130 valence electrons. The first-order valence-electron chi connectivity index (χ1n) is 7.80. The van der Waals surface area contributed by atoms with E-state index >= 15 is 0 Å². The number of aryl methyl sites for hydroxylation is 1. The summed E-state index contributed by atoms with van der Waals surface area (Å²) in [5, 5.41) is 2.62. The van der Waals surface area contributed by atoms with E-state index in [1.807, 2.05) is 6.07 Å². The number of hydrogen-bond acceptors (Lipinski definition) is 4. The molecule has 0 radical (unpaired) electrons. The smallest absolute Gasteiger partial charge is 0.419 e. The number of oxazole rings is 1. The predicted octanol–water partition coefficient (Wildman–Crippen LogP) is 3.16. The second-order valence-electron chi connectivity index (χ2n) is 5.49. The number of carbonyl (C=O) groups is 1. The van der Waals surface area contributed by atoms with Crippen LogP contribution in [0.25, 0.3) is 11.1 Å². The number of benzene rings is 2. The molecule has 0 aliphatic rings. The van der Waals surface area contributed by atoms with Crippen LogP contribution in [-0.4, -0.2) is 17.6 Å². The molecule has 1 aromatic heterocycles. The standard InChI is InChI=1S/C18H17FN2O4/c1-24-15-9-8-12(11-13(15)19)20-17(22)7-4-10-21-14-5-2-3-6-16(14)25-18(21)23/h2-3,5-6,8-9,11H,4,7,10H2,1H3,(H,20,22). The van der Waals surface area contributed by atoms with E-state index in [1.165, 1.54) is 23.8 Å². The molecule has 0 saturated heterocycles. The molecule has 0 spiro atoms. The maximum Gasteiger partial charge on any atom is 0.419 e. The average molecular weight is 344 g/mol. The summed E-state index contributed by atoms with van der Waals surface area (Å²) in [5.74, 6) is -1.13. The summed E-state index contributed by atoms with van der Waals surface area (Å²) in [5.41, 5.74) is 1.57. The lowest BCUT2D eigenvalue weighted by Gasteiger charge is -2.07. The number of nitrogens with one attached hydrogen (secondary N) is 1. The highest BCUT2D eigenvalue weighted by Crippen LogP contribution is 2.20. The van der Waals surface area contributed by atoms with Crippen molar-refractivity contribution in [2.75, 3.05) is 12.4 Å². The topological polar surface area (TPSA) is 73.5 Å². The molecule has 3 aromatic rings. The van der Waals surface area contributed by atoms with Crippen molar-refractivity contribution in [2.24, 2.45) is 0 Å². The summed E-state index contributed by atoms with van der Waals surface area (Å²) in [6.45, 7) is 0.361. The lowest BCUT2D eigenvalue weighted by atomic mass is 10.2. The zero-order valence-electron chi connectivity index (χ0n) is 13.6. The third-order valence-corrected chi connectivity index (χ3v) is 3.79. The Balaban J connectivity index is 1.58. The van der Waals surface area contributed by atoms with Crippen molar-refractivity contribution in [2.45, 2.75) is 19.4 Å². The number of anilines is 1. The molecule has 1 amide bonds. The molecular weight excluding hydrogens is 327 g/mol. The number of carbonyl (C=O) groups excluding carboxylic acids is 1. The molecular formula is C18H17FN2O4. The largest absolute Gasteiger partial charge is 0.494 e. The van der Waals surface area contributed by atoms with Gasteiger partial charge in [-0.15, -0.1) is 0 Å². The fourth-order valence-corrected chi connectivity index (χ4v) is 2.59. The first-order valence-corrected chi connectivity index (χ1v) is 7.80. The fraction of sp³-hybridized carbons (Fsp3) is 0.222. The molecule has 7 heteroatoms. The lowest BCUT2D eigenvalue weighted by molar-refractivity contribution is -0.116. The average Bonchev–Trinajstić information content (AvgIpc) is 2.91. The van der Waals surface area contributed by atoms with Gasteiger partial charge >= 0.3 is 5.76 Å². The normalized spacial score (nSPS) is 10.8. The van der Waals surface area contributed by atoms with Crippen LogP contribution >= 0.6 is 0 Å². The minimum absolute atomic E-state index is 0.115. The zero-order chi connectivity index (χ0) is 17.8. The van der Waals surface area contributed by atoms with Crippen molar-refractivity contribution in [3.63, 3.8) is 0 Å². The highest BCUT2D eigenvalue weighted by atomic mass is 19.1. The Bertz CT molecular complexity index is 961. The number of fused-ring (bicyclic) bond motifs is 1. The van der Waals surface area contributed by atoms with Crippen molar-refractivity contribution in [3.8, 4) is 5.75 Å². The summed E-state index contributed by atoms with van der Waals surface area (Å²) in [6, 6.07) is 11.3. The Morgan fingerprint density at radius 3 is 2.84 bits per heavy atom. The van der Waals surface area contributed by atoms with Gasteiger partial charge in [-0.05, 0) is 30.7 Å². The molecule has 0 bridgehead atoms. The van der Waals surface area contributed by atoms with Crippen LogP contribution in [0.2, 0.25) is 0 Å². The van der Waals surface area contributed by atoms with E-state index in [1.54, 1.807) is 24.3 Å². The van der Waals surface area contributed by atoms with E-state index in [-0.39, 0.29) is 18.1 Å². The van der Waals surface area contributed by atoms with Gasteiger partial charge in [0, 0.05) is 24.7 Å². The number of halogens is 1. The van der Waals surface area contributed by atoms with E-state index < -0.39 is 11.6 Å². The van der Waals surface area contributed by atoms with Crippen LogP contribution < -0.4 is 15.8 Å². The molecule has 0 fully saturated rings. The monoisotopic (exact) mass is 344 g/mol. The van der Waals surface area contributed by atoms with E-state index in [4.69, 9.17) is 9.15 Å². The van der Waals surface area contributed by atoms with Crippen molar-refractivity contribution in [1.82, 2.24) is 4.57 Å². The zero-order valence-corrected chi connectivity index (χ0v) is 13.6. The molecule has 0 saturated carbocycles. The Labute approximate surface area is 142 Å². The Morgan fingerprint density at radius 2 is 2.08 bits per heavy atom. The van der Waals surface area contributed by atoms with Crippen molar-refractivity contribution >= 4 is 22.7 Å². The summed E-state index contributed by atoms with van der Waals surface area (Å²) >= 11 is 0. The molecule has 0 atom stereocenters. The third kappa shape index (κ3) is 3.71. The van der Waals surface area contributed by atoms with Crippen molar-refractivity contribution in [1.29, 1.82) is 0 Å². The second kappa shape index (κ2) is 7.21. The van der Waals surface area contributed by atoms with Crippen molar-refractivity contribution in [3.05, 3.63) is 58.8 Å². The first-order chi connectivity index (χ1) is 12.1. The molecule has 1 N–H and O–H groups in total. The van der Waals surface area contributed by atoms with Gasteiger partial charge in [-0.25, -0.2) is 9.18 Å². The van der Waals surface area contributed by atoms with E-state index in [0.29, 0.717) is 29.8 Å². The van der Waals surface area contributed by atoms with Gasteiger partial charge < -0.3 is 14.5 Å². The number of para-hydroxylation sites is 2. The Hall–Kier alpha value is -3.09. The van der Waals surface area contributed by atoms with Gasteiger partial charge in [0.1, 0.15) is 0 Å². The van der Waals surface area contributed by atoms with Gasteiger partial charge in [0.25, 0.3) is 0 Å². The number of aromatic nitrogens is 1. The quantitative estimate of drug-likeness (QED) is 0.745. The van der Waals surface area contributed by atoms with Gasteiger partial charge in [0.15, 0.2) is 17.1 Å². The number of rotatable bonds is 6. The number of methoxy groups -OCH3 is 1. The van der Waals surface area contributed by atoms with E-state index in [0.717, 1.165) is 0 Å². The van der Waals surface area contributed by atoms with Gasteiger partial charge in [0.2, 0.25) is 5.91 Å². The summed E-state index contributed by atoms with van der Waals surface area (Å²) in [4.78, 5) is 23.8. The van der Waals surface area contributed by atoms with Crippen LogP contribution in [0.4, 0.5) is 10.1 Å². The predicted molar refractivity (Wildman–Crippen MR) is 91.3 cm³/mol. The fourth-order valence-electron chi connectivity index (χ4n) is 2.59. The molecule has 0 aliphatic carbocycles. The van der Waals surface area contributed by atoms with Gasteiger partial charge in [-0.2, -0.15) is 0 Å². The van der Waals surface area contributed by atoms with Crippen molar-refractivity contribution < 1.29 is 18.3 Å². The number of nitrogens with zero attached hydrogens (tertiary/aromatic N) is 1. The maximum absolute atomic E-state index is 13.6. The summed E-state index contributed by atoms with van der Waals surface area (Å²) in [7, 11) is 1.37.